The molecule has 1 fully saturated rings. The second-order valence-electron chi connectivity index (χ2n) is 5.10. The van der Waals surface area contributed by atoms with Crippen LogP contribution >= 0.6 is 11.6 Å². The van der Waals surface area contributed by atoms with Gasteiger partial charge in [0.05, 0.1) is 10.9 Å². The average molecular weight is 315 g/mol. The van der Waals surface area contributed by atoms with E-state index in [1.54, 1.807) is 0 Å². The van der Waals surface area contributed by atoms with Crippen LogP contribution in [0.1, 0.15) is 19.3 Å². The minimum atomic E-state index is -0.820. The van der Waals surface area contributed by atoms with Crippen LogP contribution in [0.4, 0.5) is 14.9 Å². The van der Waals surface area contributed by atoms with Crippen LogP contribution in [0.3, 0.4) is 0 Å². The van der Waals surface area contributed by atoms with Crippen LogP contribution in [-0.2, 0) is 4.79 Å². The van der Waals surface area contributed by atoms with Crippen molar-refractivity contribution in [2.75, 3.05) is 11.9 Å². The van der Waals surface area contributed by atoms with E-state index in [0.29, 0.717) is 13.0 Å². The van der Waals surface area contributed by atoms with Crippen LogP contribution in [0, 0.1) is 17.7 Å². The second-order valence-corrected chi connectivity index (χ2v) is 5.51. The third-order valence-corrected chi connectivity index (χ3v) is 3.99. The first-order valence-corrected chi connectivity index (χ1v) is 7.08. The third-order valence-electron chi connectivity index (χ3n) is 3.68. The van der Waals surface area contributed by atoms with Crippen molar-refractivity contribution in [2.45, 2.75) is 19.3 Å². The van der Waals surface area contributed by atoms with Crippen molar-refractivity contribution in [3.8, 4) is 0 Å². The number of rotatable bonds is 4. The van der Waals surface area contributed by atoms with Gasteiger partial charge in [0.25, 0.3) is 0 Å². The molecule has 2 rings (SSSR count). The quantitative estimate of drug-likeness (QED) is 0.799. The highest BCUT2D eigenvalue weighted by Crippen LogP contribution is 2.31. The van der Waals surface area contributed by atoms with E-state index < -0.39 is 23.7 Å². The molecule has 1 saturated carbocycles. The zero-order valence-corrected chi connectivity index (χ0v) is 12.0. The van der Waals surface area contributed by atoms with Crippen LogP contribution in [0.2, 0.25) is 5.02 Å². The largest absolute Gasteiger partial charge is 0.481 e. The summed E-state index contributed by atoms with van der Waals surface area (Å²) in [7, 11) is 0. The van der Waals surface area contributed by atoms with E-state index in [1.165, 1.54) is 12.1 Å². The first kappa shape index (κ1) is 15.6. The molecule has 0 heterocycles. The lowest BCUT2D eigenvalue weighted by Gasteiger charge is -2.16. The molecule has 1 aromatic rings. The normalized spacial score (nSPS) is 21.0. The zero-order chi connectivity index (χ0) is 15.4. The number of hydrogen-bond acceptors (Lipinski definition) is 2. The number of urea groups is 1. The van der Waals surface area contributed by atoms with Gasteiger partial charge in [0.15, 0.2) is 0 Å². The fourth-order valence-electron chi connectivity index (χ4n) is 2.58. The van der Waals surface area contributed by atoms with Gasteiger partial charge in [-0.1, -0.05) is 18.0 Å². The highest BCUT2D eigenvalue weighted by atomic mass is 35.5. The van der Waals surface area contributed by atoms with Crippen LogP contribution in [-0.4, -0.2) is 23.7 Å². The molecule has 1 aromatic carbocycles. The maximum atomic E-state index is 13.2. The molecule has 0 radical (unpaired) electrons. The van der Waals surface area contributed by atoms with E-state index in [1.807, 2.05) is 0 Å². The molecule has 1 aliphatic rings. The van der Waals surface area contributed by atoms with Crippen molar-refractivity contribution in [3.63, 3.8) is 0 Å². The van der Waals surface area contributed by atoms with Gasteiger partial charge in [-0.15, -0.1) is 0 Å². The second kappa shape index (κ2) is 6.76. The average Bonchev–Trinajstić information content (AvgIpc) is 2.89. The van der Waals surface area contributed by atoms with Gasteiger partial charge >= 0.3 is 12.0 Å². The summed E-state index contributed by atoms with van der Waals surface area (Å²) in [6.07, 6.45) is 2.28. The Morgan fingerprint density at radius 1 is 1.38 bits per heavy atom. The van der Waals surface area contributed by atoms with Crippen LogP contribution in [0.5, 0.6) is 0 Å². The summed E-state index contributed by atoms with van der Waals surface area (Å²) in [5.41, 5.74) is 0.288. The highest BCUT2D eigenvalue weighted by molar-refractivity contribution is 6.30. The van der Waals surface area contributed by atoms with Gasteiger partial charge < -0.3 is 15.7 Å². The van der Waals surface area contributed by atoms with Gasteiger partial charge in [0.1, 0.15) is 5.82 Å². The van der Waals surface area contributed by atoms with Gasteiger partial charge in [-0.25, -0.2) is 9.18 Å². The van der Waals surface area contributed by atoms with Gasteiger partial charge in [0, 0.05) is 12.2 Å². The number of hydrogen-bond donors (Lipinski definition) is 3. The molecule has 2 unspecified atom stereocenters. The number of amides is 2. The molecule has 2 amide bonds. The topological polar surface area (TPSA) is 78.4 Å². The number of nitrogens with one attached hydrogen (secondary N) is 2. The molecule has 5 nitrogen and oxygen atoms in total. The van der Waals surface area contributed by atoms with Crippen LogP contribution in [0.15, 0.2) is 18.2 Å². The van der Waals surface area contributed by atoms with E-state index in [2.05, 4.69) is 10.6 Å². The Morgan fingerprint density at radius 2 is 2.14 bits per heavy atom. The predicted molar refractivity (Wildman–Crippen MR) is 76.9 cm³/mol. The molecular weight excluding hydrogens is 299 g/mol. The summed E-state index contributed by atoms with van der Waals surface area (Å²) in [5, 5.41) is 14.1. The summed E-state index contributed by atoms with van der Waals surface area (Å²) in [6, 6.07) is 3.47. The van der Waals surface area contributed by atoms with Gasteiger partial charge in [-0.05, 0) is 37.0 Å². The minimum absolute atomic E-state index is 0.0174. The molecule has 21 heavy (non-hydrogen) atoms. The van der Waals surface area contributed by atoms with Gasteiger partial charge in [-0.3, -0.25) is 4.79 Å². The molecule has 2 atom stereocenters. The Hall–Kier alpha value is -1.82. The Balaban J connectivity index is 1.84. The highest BCUT2D eigenvalue weighted by Gasteiger charge is 2.32. The molecule has 3 N–H and O–H groups in total. The number of aliphatic carboxylic acids is 1. The van der Waals surface area contributed by atoms with Crippen molar-refractivity contribution < 1.29 is 19.1 Å². The molecule has 0 saturated heterocycles. The smallest absolute Gasteiger partial charge is 0.319 e. The number of anilines is 1. The fourth-order valence-corrected chi connectivity index (χ4v) is 2.70. The van der Waals surface area contributed by atoms with E-state index in [4.69, 9.17) is 16.7 Å². The number of carboxylic acids is 1. The minimum Gasteiger partial charge on any atom is -0.481 e. The Labute approximate surface area is 126 Å². The van der Waals surface area contributed by atoms with E-state index in [9.17, 15) is 14.0 Å². The van der Waals surface area contributed by atoms with E-state index in [0.717, 1.165) is 18.9 Å². The maximum Gasteiger partial charge on any atom is 0.319 e. The third kappa shape index (κ3) is 4.07. The summed E-state index contributed by atoms with van der Waals surface area (Å²) in [4.78, 5) is 22.8. The van der Waals surface area contributed by atoms with Crippen molar-refractivity contribution in [1.29, 1.82) is 0 Å². The summed E-state index contributed by atoms with van der Waals surface area (Å²) < 4.78 is 13.2. The first-order chi connectivity index (χ1) is 9.97. The monoisotopic (exact) mass is 314 g/mol. The molecule has 0 aliphatic heterocycles. The number of benzene rings is 1. The van der Waals surface area contributed by atoms with Crippen molar-refractivity contribution in [3.05, 3.63) is 29.0 Å². The molecule has 0 spiro atoms. The lowest BCUT2D eigenvalue weighted by atomic mass is 9.96. The standard InChI is InChI=1S/C14H16ClFN2O3/c15-11-5-4-9(6-12(11)16)18-14(21)17-7-8-2-1-3-10(8)13(19)20/h4-6,8,10H,1-3,7H2,(H,19,20)(H2,17,18,21). The SMILES string of the molecule is O=C(NCC1CCCC1C(=O)O)Nc1ccc(Cl)c(F)c1. The molecule has 1 aliphatic carbocycles. The number of carboxylic acid groups (broad SMARTS) is 1. The molecule has 0 aromatic heterocycles. The Kier molecular flexibility index (Phi) is 5.01. The molecule has 0 bridgehead atoms. The number of carbonyl (C=O) groups is 2. The first-order valence-electron chi connectivity index (χ1n) is 6.70. The summed E-state index contributed by atoms with van der Waals surface area (Å²) in [5.74, 6) is -1.90. The van der Waals surface area contributed by atoms with Crippen molar-refractivity contribution >= 4 is 29.3 Å². The lowest BCUT2D eigenvalue weighted by Crippen LogP contribution is -2.35. The lowest BCUT2D eigenvalue weighted by molar-refractivity contribution is -0.142. The maximum absolute atomic E-state index is 13.2. The van der Waals surface area contributed by atoms with Crippen molar-refractivity contribution in [2.24, 2.45) is 11.8 Å². The van der Waals surface area contributed by atoms with E-state index >= 15 is 0 Å². The summed E-state index contributed by atoms with van der Waals surface area (Å²) in [6.45, 7) is 0.291. The molecular formula is C14H16ClFN2O3. The Bertz CT molecular complexity index is 553. The Morgan fingerprint density at radius 3 is 2.81 bits per heavy atom. The van der Waals surface area contributed by atoms with Crippen LogP contribution < -0.4 is 10.6 Å². The zero-order valence-electron chi connectivity index (χ0n) is 11.2. The van der Waals surface area contributed by atoms with E-state index in [-0.39, 0.29) is 16.6 Å². The molecule has 7 heteroatoms. The fraction of sp³-hybridized carbons (Fsp3) is 0.429. The predicted octanol–water partition coefficient (Wildman–Crippen LogP) is 3.10. The van der Waals surface area contributed by atoms with Crippen molar-refractivity contribution in [1.82, 2.24) is 5.32 Å². The molecule has 114 valence electrons. The number of carbonyl (C=O) groups excluding carboxylic acids is 1. The van der Waals surface area contributed by atoms with Crippen LogP contribution in [0.25, 0.3) is 0 Å². The number of halogens is 2. The summed E-state index contributed by atoms with van der Waals surface area (Å²) >= 11 is 5.55. The van der Waals surface area contributed by atoms with Gasteiger partial charge in [-0.2, -0.15) is 0 Å². The van der Waals surface area contributed by atoms with Gasteiger partial charge in [0.2, 0.25) is 0 Å².